The molecule has 1 aromatic heterocycles. The second kappa shape index (κ2) is 11.2. The predicted octanol–water partition coefficient (Wildman–Crippen LogP) is 4.21. The van der Waals surface area contributed by atoms with Gasteiger partial charge in [0.05, 0.1) is 37.1 Å². The molecule has 1 aliphatic heterocycles. The lowest BCUT2D eigenvalue weighted by atomic mass is 9.94. The summed E-state index contributed by atoms with van der Waals surface area (Å²) in [7, 11) is 4.75. The number of nitrogens with zero attached hydrogens (tertiary/aromatic N) is 2. The largest absolute Gasteiger partial charge is 0.497 e. The van der Waals surface area contributed by atoms with Crippen molar-refractivity contribution in [2.75, 3.05) is 26.6 Å². The third kappa shape index (κ3) is 5.03. The molecule has 1 aliphatic rings. The van der Waals surface area contributed by atoms with Crippen molar-refractivity contribution in [2.45, 2.75) is 19.9 Å². The van der Waals surface area contributed by atoms with Gasteiger partial charge in [0, 0.05) is 17.3 Å². The summed E-state index contributed by atoms with van der Waals surface area (Å²) in [6.45, 7) is 3.74. The van der Waals surface area contributed by atoms with Crippen molar-refractivity contribution in [3.63, 3.8) is 0 Å². The number of rotatable bonds is 7. The number of methoxy groups -OCH3 is 3. The van der Waals surface area contributed by atoms with E-state index in [1.54, 1.807) is 45.0 Å². The van der Waals surface area contributed by atoms with Crippen molar-refractivity contribution < 1.29 is 19.0 Å². The van der Waals surface area contributed by atoms with E-state index in [4.69, 9.17) is 19.2 Å². The minimum absolute atomic E-state index is 0.252. The molecule has 8 nitrogen and oxygen atoms in total. The molecule has 3 aromatic carbocycles. The molecule has 2 heterocycles. The Balaban J connectivity index is 1.71. The first-order valence-electron chi connectivity index (χ1n) is 12.6. The van der Waals surface area contributed by atoms with Gasteiger partial charge in [-0.25, -0.2) is 4.99 Å². The number of para-hydroxylation sites is 1. The summed E-state index contributed by atoms with van der Waals surface area (Å²) < 4.78 is 18.6. The van der Waals surface area contributed by atoms with E-state index in [9.17, 15) is 9.59 Å². The van der Waals surface area contributed by atoms with Gasteiger partial charge in [-0.2, -0.15) is 0 Å². The molecule has 0 aliphatic carbocycles. The average Bonchev–Trinajstić information content (AvgIpc) is 3.26. The number of allylic oxidation sites excluding steroid dienone is 1. The monoisotopic (exact) mass is 555 g/mol. The number of benzene rings is 3. The normalized spacial score (nSPS) is 14.8. The van der Waals surface area contributed by atoms with E-state index in [0.29, 0.717) is 43.4 Å². The molecule has 0 spiro atoms. The zero-order valence-electron chi connectivity index (χ0n) is 22.8. The third-order valence-corrected chi connectivity index (χ3v) is 7.73. The van der Waals surface area contributed by atoms with Crippen LogP contribution in [0, 0.1) is 6.92 Å². The van der Waals surface area contributed by atoms with Crippen molar-refractivity contribution in [3.05, 3.63) is 114 Å². The van der Waals surface area contributed by atoms with Crippen LogP contribution in [-0.2, 0) is 4.79 Å². The molecule has 0 radical (unpaired) electrons. The summed E-state index contributed by atoms with van der Waals surface area (Å²) in [5, 5.41) is 2.96. The number of carbonyl (C=O) groups excluding carboxylic acids is 1. The summed E-state index contributed by atoms with van der Waals surface area (Å²) in [6.07, 6.45) is 1.83. The molecule has 4 aromatic rings. The van der Waals surface area contributed by atoms with Crippen molar-refractivity contribution in [3.8, 4) is 17.2 Å². The van der Waals surface area contributed by atoms with E-state index >= 15 is 0 Å². The van der Waals surface area contributed by atoms with Crippen LogP contribution in [0.25, 0.3) is 6.08 Å². The lowest BCUT2D eigenvalue weighted by Crippen LogP contribution is -2.40. The smallest absolute Gasteiger partial charge is 0.271 e. The Labute approximate surface area is 235 Å². The third-order valence-electron chi connectivity index (χ3n) is 6.75. The minimum atomic E-state index is -0.777. The Bertz CT molecular complexity index is 1800. The Kier molecular flexibility index (Phi) is 7.57. The van der Waals surface area contributed by atoms with Crippen LogP contribution in [0.3, 0.4) is 0 Å². The van der Waals surface area contributed by atoms with Gasteiger partial charge in [0.25, 0.3) is 11.5 Å². The van der Waals surface area contributed by atoms with Crippen LogP contribution in [0.1, 0.15) is 29.7 Å². The summed E-state index contributed by atoms with van der Waals surface area (Å²) in [4.78, 5) is 33.0. The number of ether oxygens (including phenoxy) is 3. The zero-order chi connectivity index (χ0) is 28.4. The van der Waals surface area contributed by atoms with E-state index in [-0.39, 0.29) is 11.5 Å². The van der Waals surface area contributed by atoms with E-state index < -0.39 is 6.04 Å². The lowest BCUT2D eigenvalue weighted by molar-refractivity contribution is -0.113. The van der Waals surface area contributed by atoms with Gasteiger partial charge in [0.15, 0.2) is 4.80 Å². The van der Waals surface area contributed by atoms with Crippen molar-refractivity contribution in [1.82, 2.24) is 4.57 Å². The summed E-state index contributed by atoms with van der Waals surface area (Å²) >= 11 is 1.28. The second-order valence-corrected chi connectivity index (χ2v) is 10.2. The first-order valence-corrected chi connectivity index (χ1v) is 13.4. The van der Waals surface area contributed by atoms with Crippen LogP contribution in [0.4, 0.5) is 5.69 Å². The minimum Gasteiger partial charge on any atom is -0.497 e. The maximum atomic E-state index is 14.0. The topological polar surface area (TPSA) is 91.2 Å². The molecular formula is C31H29N3O5S. The van der Waals surface area contributed by atoms with Crippen LogP contribution < -0.4 is 34.4 Å². The van der Waals surface area contributed by atoms with Gasteiger partial charge in [-0.1, -0.05) is 35.6 Å². The first kappa shape index (κ1) is 27.0. The number of amides is 1. The molecule has 9 heteroatoms. The van der Waals surface area contributed by atoms with Gasteiger partial charge in [0.1, 0.15) is 23.3 Å². The van der Waals surface area contributed by atoms with Gasteiger partial charge in [-0.15, -0.1) is 0 Å². The maximum Gasteiger partial charge on any atom is 0.271 e. The van der Waals surface area contributed by atoms with Gasteiger partial charge < -0.3 is 19.5 Å². The van der Waals surface area contributed by atoms with Gasteiger partial charge in [0.2, 0.25) is 0 Å². The molecule has 1 atom stereocenters. The molecule has 0 bridgehead atoms. The highest BCUT2D eigenvalue weighted by Crippen LogP contribution is 2.37. The molecule has 1 amide bonds. The highest BCUT2D eigenvalue weighted by Gasteiger charge is 2.34. The standard InChI is InChI=1S/C31H29N3O5S/c1-18-15-20(11-14-24(18)38-4)16-26-30(36)34-28(23-13-12-22(37-3)17-25(23)39-5)27(19(2)32-31(34)40-26)29(35)33-21-9-7-6-8-10-21/h6-17,28H,1-5H3,(H,33,35)/b26-16-/t28-/m0/s1. The number of hydrogen-bond acceptors (Lipinski definition) is 7. The molecule has 0 fully saturated rings. The fourth-order valence-corrected chi connectivity index (χ4v) is 5.86. The molecule has 1 N–H and O–H groups in total. The van der Waals surface area contributed by atoms with Crippen LogP contribution >= 0.6 is 11.3 Å². The molecule has 0 unspecified atom stereocenters. The Hall–Kier alpha value is -4.63. The van der Waals surface area contributed by atoms with Crippen LogP contribution in [0.5, 0.6) is 17.2 Å². The van der Waals surface area contributed by atoms with Gasteiger partial charge >= 0.3 is 0 Å². The SMILES string of the molecule is COc1ccc([C@H]2C(C(=O)Nc3ccccc3)=C(C)N=c3s/c(=C\c4ccc(OC)c(C)c4)c(=O)n32)c(OC)c1. The van der Waals surface area contributed by atoms with E-state index in [0.717, 1.165) is 16.9 Å². The number of anilines is 1. The van der Waals surface area contributed by atoms with Crippen molar-refractivity contribution in [2.24, 2.45) is 4.99 Å². The van der Waals surface area contributed by atoms with Crippen LogP contribution in [0.2, 0.25) is 0 Å². The van der Waals surface area contributed by atoms with Gasteiger partial charge in [-0.05, 0) is 67.4 Å². The highest BCUT2D eigenvalue weighted by molar-refractivity contribution is 7.07. The van der Waals surface area contributed by atoms with Gasteiger partial charge in [-0.3, -0.25) is 14.2 Å². The molecule has 204 valence electrons. The number of nitrogens with one attached hydrogen (secondary N) is 1. The quantitative estimate of drug-likeness (QED) is 0.369. The lowest BCUT2D eigenvalue weighted by Gasteiger charge is -2.26. The molecule has 40 heavy (non-hydrogen) atoms. The van der Waals surface area contributed by atoms with Crippen molar-refractivity contribution in [1.29, 1.82) is 0 Å². The maximum absolute atomic E-state index is 14.0. The first-order chi connectivity index (χ1) is 19.3. The zero-order valence-corrected chi connectivity index (χ0v) is 23.7. The number of aromatic nitrogens is 1. The molecular weight excluding hydrogens is 526 g/mol. The summed E-state index contributed by atoms with van der Waals surface area (Å²) in [6, 6.07) is 19.5. The van der Waals surface area contributed by atoms with Crippen LogP contribution in [0.15, 0.2) is 87.8 Å². The number of thiazole rings is 1. The van der Waals surface area contributed by atoms with Crippen molar-refractivity contribution >= 4 is 29.0 Å². The number of hydrogen-bond donors (Lipinski definition) is 1. The van der Waals surface area contributed by atoms with E-state index in [1.165, 1.54) is 11.3 Å². The van der Waals surface area contributed by atoms with Crippen LogP contribution in [-0.4, -0.2) is 31.8 Å². The number of carbonyl (C=O) groups is 1. The Morgan fingerprint density at radius 1 is 0.950 bits per heavy atom. The second-order valence-electron chi connectivity index (χ2n) is 9.24. The fraction of sp³-hybridized carbons (Fsp3) is 0.194. The Morgan fingerprint density at radius 3 is 2.38 bits per heavy atom. The Morgan fingerprint density at radius 2 is 1.70 bits per heavy atom. The highest BCUT2D eigenvalue weighted by atomic mass is 32.1. The fourth-order valence-electron chi connectivity index (χ4n) is 4.81. The molecule has 0 saturated carbocycles. The number of fused-ring (bicyclic) bond motifs is 1. The van der Waals surface area contributed by atoms with E-state index in [1.807, 2.05) is 67.6 Å². The summed E-state index contributed by atoms with van der Waals surface area (Å²) in [5.41, 5.74) is 3.72. The average molecular weight is 556 g/mol. The summed E-state index contributed by atoms with van der Waals surface area (Å²) in [5.74, 6) is 1.51. The van der Waals surface area contributed by atoms with E-state index in [2.05, 4.69) is 5.32 Å². The molecule has 5 rings (SSSR count). The predicted molar refractivity (Wildman–Crippen MR) is 156 cm³/mol. The molecule has 0 saturated heterocycles. The number of aryl methyl sites for hydroxylation is 1.